The average molecular weight is 317 g/mol. The molecule has 126 valence electrons. The molecular weight excluding hydrogens is 290 g/mol. The van der Waals surface area contributed by atoms with Crippen molar-refractivity contribution in [3.8, 4) is 5.75 Å². The summed E-state index contributed by atoms with van der Waals surface area (Å²) >= 11 is 0. The first-order valence-electron chi connectivity index (χ1n) is 8.92. The summed E-state index contributed by atoms with van der Waals surface area (Å²) in [5.74, 6) is 1.27. The van der Waals surface area contributed by atoms with Crippen LogP contribution in [0.1, 0.15) is 44.1 Å². The van der Waals surface area contributed by atoms with Gasteiger partial charge in [0.1, 0.15) is 5.75 Å². The highest BCUT2D eigenvalue weighted by Gasteiger charge is 2.21. The minimum absolute atomic E-state index is 0.130. The first kappa shape index (κ1) is 16.3. The summed E-state index contributed by atoms with van der Waals surface area (Å²) in [5.41, 5.74) is 1.23. The van der Waals surface area contributed by atoms with Crippen LogP contribution in [-0.4, -0.2) is 31.8 Å². The van der Waals surface area contributed by atoms with Crippen molar-refractivity contribution < 1.29 is 14.3 Å². The molecule has 1 aromatic carbocycles. The van der Waals surface area contributed by atoms with Crippen molar-refractivity contribution in [3.63, 3.8) is 0 Å². The largest absolute Gasteiger partial charge is 0.490 e. The van der Waals surface area contributed by atoms with Crippen molar-refractivity contribution in [2.45, 2.75) is 51.0 Å². The number of benzene rings is 1. The fourth-order valence-electron chi connectivity index (χ4n) is 3.37. The highest BCUT2D eigenvalue weighted by Crippen LogP contribution is 2.24. The van der Waals surface area contributed by atoms with Gasteiger partial charge in [0.2, 0.25) is 5.91 Å². The van der Waals surface area contributed by atoms with Crippen molar-refractivity contribution in [3.05, 3.63) is 29.8 Å². The standard InChI is InChI=1S/C19H27NO3/c21-19(16-10-13-22-14-11-16)20-12-9-15-5-7-18(8-6-15)23-17-3-1-2-4-17/h5-8,16-17H,1-4,9-14H2,(H,20,21). The van der Waals surface area contributed by atoms with E-state index in [2.05, 4.69) is 17.4 Å². The topological polar surface area (TPSA) is 47.6 Å². The lowest BCUT2D eigenvalue weighted by Gasteiger charge is -2.21. The molecule has 4 heteroatoms. The Labute approximate surface area is 138 Å². The number of nitrogens with one attached hydrogen (secondary N) is 1. The molecule has 1 N–H and O–H groups in total. The first-order valence-corrected chi connectivity index (χ1v) is 8.92. The van der Waals surface area contributed by atoms with Crippen LogP contribution in [-0.2, 0) is 16.0 Å². The van der Waals surface area contributed by atoms with Gasteiger partial charge in [-0.3, -0.25) is 4.79 Å². The van der Waals surface area contributed by atoms with Gasteiger partial charge in [-0.1, -0.05) is 12.1 Å². The van der Waals surface area contributed by atoms with Gasteiger partial charge >= 0.3 is 0 Å². The molecule has 0 bridgehead atoms. The minimum Gasteiger partial charge on any atom is -0.490 e. The Bertz CT molecular complexity index is 488. The Balaban J connectivity index is 1.38. The third-order valence-corrected chi connectivity index (χ3v) is 4.83. The summed E-state index contributed by atoms with van der Waals surface area (Å²) in [6, 6.07) is 8.30. The Kier molecular flexibility index (Phi) is 5.92. The van der Waals surface area contributed by atoms with Gasteiger partial charge in [-0.25, -0.2) is 0 Å². The van der Waals surface area contributed by atoms with Gasteiger partial charge in [0.05, 0.1) is 6.10 Å². The summed E-state index contributed by atoms with van der Waals surface area (Å²) < 4.78 is 11.3. The van der Waals surface area contributed by atoms with E-state index in [1.165, 1.54) is 31.2 Å². The molecule has 2 aliphatic rings. The highest BCUT2D eigenvalue weighted by molar-refractivity contribution is 5.78. The average Bonchev–Trinajstić information content (AvgIpc) is 3.10. The van der Waals surface area contributed by atoms with Gasteiger partial charge in [-0.15, -0.1) is 0 Å². The summed E-state index contributed by atoms with van der Waals surface area (Å²) in [4.78, 5) is 12.0. The van der Waals surface area contributed by atoms with Crippen LogP contribution >= 0.6 is 0 Å². The van der Waals surface area contributed by atoms with Crippen molar-refractivity contribution in [1.29, 1.82) is 0 Å². The number of carbonyl (C=O) groups excluding carboxylic acids is 1. The number of hydrogen-bond acceptors (Lipinski definition) is 3. The zero-order chi connectivity index (χ0) is 15.9. The number of hydrogen-bond donors (Lipinski definition) is 1. The van der Waals surface area contributed by atoms with E-state index in [0.29, 0.717) is 25.9 Å². The van der Waals surface area contributed by atoms with E-state index < -0.39 is 0 Å². The third-order valence-electron chi connectivity index (χ3n) is 4.83. The molecule has 1 aliphatic heterocycles. The van der Waals surface area contributed by atoms with E-state index >= 15 is 0 Å². The summed E-state index contributed by atoms with van der Waals surface area (Å²) in [5, 5.41) is 3.05. The molecule has 0 radical (unpaired) electrons. The quantitative estimate of drug-likeness (QED) is 0.877. The van der Waals surface area contributed by atoms with Crippen molar-refractivity contribution in [2.75, 3.05) is 19.8 Å². The van der Waals surface area contributed by atoms with E-state index in [4.69, 9.17) is 9.47 Å². The lowest BCUT2D eigenvalue weighted by atomic mass is 9.99. The molecule has 1 saturated carbocycles. The fraction of sp³-hybridized carbons (Fsp3) is 0.632. The van der Waals surface area contributed by atoms with E-state index in [0.717, 1.165) is 25.0 Å². The van der Waals surface area contributed by atoms with Crippen LogP contribution in [0.2, 0.25) is 0 Å². The Morgan fingerprint density at radius 3 is 2.48 bits per heavy atom. The van der Waals surface area contributed by atoms with Crippen LogP contribution in [0, 0.1) is 5.92 Å². The van der Waals surface area contributed by atoms with Crippen molar-refractivity contribution >= 4 is 5.91 Å². The predicted molar refractivity (Wildman–Crippen MR) is 89.6 cm³/mol. The highest BCUT2D eigenvalue weighted by atomic mass is 16.5. The monoisotopic (exact) mass is 317 g/mol. The van der Waals surface area contributed by atoms with Crippen molar-refractivity contribution in [1.82, 2.24) is 5.32 Å². The van der Waals surface area contributed by atoms with Crippen LogP contribution < -0.4 is 10.1 Å². The molecule has 0 unspecified atom stereocenters. The number of ether oxygens (including phenoxy) is 2. The molecule has 23 heavy (non-hydrogen) atoms. The first-order chi connectivity index (χ1) is 11.3. The molecule has 0 aromatic heterocycles. The second kappa shape index (κ2) is 8.34. The van der Waals surface area contributed by atoms with Gasteiger partial charge in [0.25, 0.3) is 0 Å². The molecular formula is C19H27NO3. The third kappa shape index (κ3) is 4.96. The lowest BCUT2D eigenvalue weighted by molar-refractivity contribution is -0.127. The predicted octanol–water partition coefficient (Wildman–Crippen LogP) is 3.09. The van der Waals surface area contributed by atoms with Gasteiger partial charge in [0.15, 0.2) is 0 Å². The molecule has 1 heterocycles. The summed E-state index contributed by atoms with van der Waals surface area (Å²) in [6.07, 6.45) is 7.89. The minimum atomic E-state index is 0.130. The maximum atomic E-state index is 12.0. The van der Waals surface area contributed by atoms with E-state index in [9.17, 15) is 4.79 Å². The lowest BCUT2D eigenvalue weighted by Crippen LogP contribution is -2.35. The number of rotatable bonds is 6. The van der Waals surface area contributed by atoms with Gasteiger partial charge in [-0.2, -0.15) is 0 Å². The molecule has 3 rings (SSSR count). The number of amides is 1. The number of carbonyl (C=O) groups is 1. The van der Waals surface area contributed by atoms with Crippen LogP contribution in [0.15, 0.2) is 24.3 Å². The van der Waals surface area contributed by atoms with Gasteiger partial charge in [-0.05, 0) is 62.6 Å². The normalized spacial score (nSPS) is 19.7. The van der Waals surface area contributed by atoms with Gasteiger partial charge < -0.3 is 14.8 Å². The molecule has 4 nitrogen and oxygen atoms in total. The van der Waals surface area contributed by atoms with Crippen LogP contribution in [0.25, 0.3) is 0 Å². The Morgan fingerprint density at radius 1 is 1.09 bits per heavy atom. The van der Waals surface area contributed by atoms with Crippen LogP contribution in [0.5, 0.6) is 5.75 Å². The van der Waals surface area contributed by atoms with Gasteiger partial charge in [0, 0.05) is 25.7 Å². The zero-order valence-electron chi connectivity index (χ0n) is 13.8. The van der Waals surface area contributed by atoms with E-state index in [-0.39, 0.29) is 11.8 Å². The smallest absolute Gasteiger partial charge is 0.223 e. The maximum absolute atomic E-state index is 12.0. The molecule has 1 aromatic rings. The molecule has 0 atom stereocenters. The molecule has 1 amide bonds. The van der Waals surface area contributed by atoms with E-state index in [1.54, 1.807) is 0 Å². The Morgan fingerprint density at radius 2 is 1.78 bits per heavy atom. The van der Waals surface area contributed by atoms with Crippen LogP contribution in [0.3, 0.4) is 0 Å². The fourth-order valence-corrected chi connectivity index (χ4v) is 3.37. The van der Waals surface area contributed by atoms with Crippen molar-refractivity contribution in [2.24, 2.45) is 5.92 Å². The SMILES string of the molecule is O=C(NCCc1ccc(OC2CCCC2)cc1)C1CCOCC1. The van der Waals surface area contributed by atoms with E-state index in [1.807, 2.05) is 12.1 Å². The molecule has 1 saturated heterocycles. The molecule has 0 spiro atoms. The molecule has 1 aliphatic carbocycles. The molecule has 2 fully saturated rings. The van der Waals surface area contributed by atoms with Crippen LogP contribution in [0.4, 0.5) is 0 Å². The second-order valence-electron chi connectivity index (χ2n) is 6.60. The summed E-state index contributed by atoms with van der Waals surface area (Å²) in [6.45, 7) is 2.11. The maximum Gasteiger partial charge on any atom is 0.223 e. The Hall–Kier alpha value is -1.55. The second-order valence-corrected chi connectivity index (χ2v) is 6.60. The zero-order valence-corrected chi connectivity index (χ0v) is 13.8. The summed E-state index contributed by atoms with van der Waals surface area (Å²) in [7, 11) is 0.